The van der Waals surface area contributed by atoms with E-state index >= 15 is 0 Å². The predicted molar refractivity (Wildman–Crippen MR) is 78.2 cm³/mol. The first-order valence-corrected chi connectivity index (χ1v) is 6.61. The summed E-state index contributed by atoms with van der Waals surface area (Å²) in [5.74, 6) is -0.255. The summed E-state index contributed by atoms with van der Waals surface area (Å²) in [5.41, 5.74) is 4.69. The molecule has 6 heteroatoms. The van der Waals surface area contributed by atoms with Gasteiger partial charge in [-0.05, 0) is 26.7 Å². The number of hydrogen-bond acceptors (Lipinski definition) is 3. The zero-order chi connectivity index (χ0) is 13.8. The molecule has 0 saturated heterocycles. The summed E-state index contributed by atoms with van der Waals surface area (Å²) in [4.78, 5) is 23.6. The maximum atomic E-state index is 12.3. The van der Waals surface area contributed by atoms with Crippen LogP contribution >= 0.6 is 12.4 Å². The van der Waals surface area contributed by atoms with Gasteiger partial charge in [0.15, 0.2) is 0 Å². The summed E-state index contributed by atoms with van der Waals surface area (Å²) >= 11 is 0. The summed E-state index contributed by atoms with van der Waals surface area (Å²) in [7, 11) is 0. The van der Waals surface area contributed by atoms with Crippen LogP contribution < -0.4 is 16.4 Å². The van der Waals surface area contributed by atoms with Crippen molar-refractivity contribution in [1.29, 1.82) is 0 Å². The molecule has 5 nitrogen and oxygen atoms in total. The molecular formula is C13H26ClN3O2. The minimum Gasteiger partial charge on any atom is -0.352 e. The van der Waals surface area contributed by atoms with Gasteiger partial charge in [-0.3, -0.25) is 9.59 Å². The highest BCUT2D eigenvalue weighted by molar-refractivity contribution is 5.91. The van der Waals surface area contributed by atoms with Crippen LogP contribution in [0.15, 0.2) is 0 Å². The van der Waals surface area contributed by atoms with Gasteiger partial charge in [0.1, 0.15) is 5.54 Å². The molecule has 0 unspecified atom stereocenters. The van der Waals surface area contributed by atoms with E-state index < -0.39 is 11.1 Å². The van der Waals surface area contributed by atoms with E-state index in [4.69, 9.17) is 5.73 Å². The lowest BCUT2D eigenvalue weighted by Crippen LogP contribution is -2.61. The molecule has 2 amide bonds. The summed E-state index contributed by atoms with van der Waals surface area (Å²) in [5, 5.41) is 5.70. The van der Waals surface area contributed by atoms with Crippen molar-refractivity contribution in [2.45, 2.75) is 64.0 Å². The van der Waals surface area contributed by atoms with Gasteiger partial charge in [0.2, 0.25) is 11.8 Å². The van der Waals surface area contributed by atoms with Gasteiger partial charge in [0.05, 0.1) is 0 Å². The molecule has 0 radical (unpaired) electrons. The van der Waals surface area contributed by atoms with E-state index in [0.717, 1.165) is 19.3 Å². The standard InChI is InChI=1S/C13H25N3O2.ClH/c1-10(17)16-13(7-5-4-6-8-13)11(18)15-9-12(2,3)14;/h4-9,14H2,1-3H3,(H,15,18)(H,16,17);1H. The molecule has 0 aromatic heterocycles. The van der Waals surface area contributed by atoms with Crippen LogP contribution in [-0.4, -0.2) is 29.4 Å². The van der Waals surface area contributed by atoms with Gasteiger partial charge in [-0.25, -0.2) is 0 Å². The van der Waals surface area contributed by atoms with Crippen LogP contribution in [0.5, 0.6) is 0 Å². The van der Waals surface area contributed by atoms with Gasteiger partial charge in [-0.15, -0.1) is 12.4 Å². The second kappa shape index (κ2) is 7.10. The van der Waals surface area contributed by atoms with Crippen molar-refractivity contribution in [3.63, 3.8) is 0 Å². The van der Waals surface area contributed by atoms with Crippen molar-refractivity contribution in [2.75, 3.05) is 6.54 Å². The molecule has 4 N–H and O–H groups in total. The number of amides is 2. The minimum atomic E-state index is -0.727. The summed E-state index contributed by atoms with van der Waals surface area (Å²) in [6.45, 7) is 5.59. The van der Waals surface area contributed by atoms with E-state index in [2.05, 4.69) is 10.6 Å². The topological polar surface area (TPSA) is 84.2 Å². The first-order valence-electron chi connectivity index (χ1n) is 6.61. The first kappa shape index (κ1) is 18.2. The fourth-order valence-electron chi connectivity index (χ4n) is 2.38. The normalized spacial score (nSPS) is 18.1. The molecule has 0 aliphatic heterocycles. The zero-order valence-electron chi connectivity index (χ0n) is 12.0. The highest BCUT2D eigenvalue weighted by Gasteiger charge is 2.40. The Kier molecular flexibility index (Phi) is 6.80. The summed E-state index contributed by atoms with van der Waals surface area (Å²) in [6.07, 6.45) is 4.49. The third kappa shape index (κ3) is 5.78. The molecular weight excluding hydrogens is 266 g/mol. The van der Waals surface area contributed by atoms with Crippen molar-refractivity contribution in [2.24, 2.45) is 5.73 Å². The Morgan fingerprint density at radius 2 is 1.74 bits per heavy atom. The number of rotatable bonds is 4. The highest BCUT2D eigenvalue weighted by Crippen LogP contribution is 2.28. The Morgan fingerprint density at radius 1 is 1.21 bits per heavy atom. The highest BCUT2D eigenvalue weighted by atomic mass is 35.5. The van der Waals surface area contributed by atoms with Crippen molar-refractivity contribution in [3.8, 4) is 0 Å². The molecule has 0 heterocycles. The zero-order valence-corrected chi connectivity index (χ0v) is 12.9. The fraction of sp³-hybridized carbons (Fsp3) is 0.846. The maximum Gasteiger partial charge on any atom is 0.245 e. The number of carbonyl (C=O) groups excluding carboxylic acids is 2. The van der Waals surface area contributed by atoms with Crippen LogP contribution in [0, 0.1) is 0 Å². The molecule has 112 valence electrons. The molecule has 1 rings (SSSR count). The monoisotopic (exact) mass is 291 g/mol. The fourth-order valence-corrected chi connectivity index (χ4v) is 2.38. The third-order valence-electron chi connectivity index (χ3n) is 3.26. The van der Waals surface area contributed by atoms with Crippen molar-refractivity contribution >= 4 is 24.2 Å². The molecule has 0 atom stereocenters. The van der Waals surface area contributed by atoms with Gasteiger partial charge in [-0.2, -0.15) is 0 Å². The van der Waals surface area contributed by atoms with Crippen LogP contribution in [0.2, 0.25) is 0 Å². The number of nitrogens with one attached hydrogen (secondary N) is 2. The molecule has 1 fully saturated rings. The molecule has 1 aliphatic rings. The Labute approximate surface area is 121 Å². The smallest absolute Gasteiger partial charge is 0.245 e. The lowest BCUT2D eigenvalue weighted by molar-refractivity contribution is -0.134. The SMILES string of the molecule is CC(=O)NC1(C(=O)NCC(C)(C)N)CCCCC1.Cl. The third-order valence-corrected chi connectivity index (χ3v) is 3.26. The maximum absolute atomic E-state index is 12.3. The second-order valence-electron chi connectivity index (χ2n) is 6.00. The van der Waals surface area contributed by atoms with E-state index in [1.807, 2.05) is 13.8 Å². The largest absolute Gasteiger partial charge is 0.352 e. The lowest BCUT2D eigenvalue weighted by atomic mass is 9.80. The van der Waals surface area contributed by atoms with E-state index in [0.29, 0.717) is 19.4 Å². The van der Waals surface area contributed by atoms with Gasteiger partial charge in [0, 0.05) is 19.0 Å². The average Bonchev–Trinajstić information content (AvgIpc) is 2.25. The number of halogens is 1. The predicted octanol–water partition coefficient (Wildman–Crippen LogP) is 1.10. The molecule has 0 bridgehead atoms. The van der Waals surface area contributed by atoms with Crippen LogP contribution in [0.4, 0.5) is 0 Å². The average molecular weight is 292 g/mol. The second-order valence-corrected chi connectivity index (χ2v) is 6.00. The van der Waals surface area contributed by atoms with Crippen molar-refractivity contribution in [1.82, 2.24) is 10.6 Å². The number of carbonyl (C=O) groups is 2. The Balaban J connectivity index is 0.00000324. The van der Waals surface area contributed by atoms with Gasteiger partial charge < -0.3 is 16.4 Å². The summed E-state index contributed by atoms with van der Waals surface area (Å²) in [6, 6.07) is 0. The van der Waals surface area contributed by atoms with Crippen molar-refractivity contribution < 1.29 is 9.59 Å². The minimum absolute atomic E-state index is 0. The number of nitrogens with two attached hydrogens (primary N) is 1. The molecule has 1 aliphatic carbocycles. The quantitative estimate of drug-likeness (QED) is 0.725. The van der Waals surface area contributed by atoms with Gasteiger partial charge >= 0.3 is 0 Å². The van der Waals surface area contributed by atoms with Gasteiger partial charge in [0.25, 0.3) is 0 Å². The lowest BCUT2D eigenvalue weighted by Gasteiger charge is -2.37. The molecule has 0 spiro atoms. The van der Waals surface area contributed by atoms with E-state index in [9.17, 15) is 9.59 Å². The van der Waals surface area contributed by atoms with Crippen LogP contribution in [0.3, 0.4) is 0 Å². The van der Waals surface area contributed by atoms with Crippen LogP contribution in [0.1, 0.15) is 52.9 Å². The van der Waals surface area contributed by atoms with Crippen LogP contribution in [-0.2, 0) is 9.59 Å². The Hall–Kier alpha value is -0.810. The summed E-state index contributed by atoms with van der Waals surface area (Å²) < 4.78 is 0. The number of hydrogen-bond donors (Lipinski definition) is 3. The Morgan fingerprint density at radius 3 is 2.16 bits per heavy atom. The van der Waals surface area contributed by atoms with E-state index in [1.165, 1.54) is 6.92 Å². The molecule has 0 aromatic rings. The first-order chi connectivity index (χ1) is 8.25. The van der Waals surface area contributed by atoms with E-state index in [-0.39, 0.29) is 24.2 Å². The Bertz CT molecular complexity index is 320. The van der Waals surface area contributed by atoms with Crippen molar-refractivity contribution in [3.05, 3.63) is 0 Å². The van der Waals surface area contributed by atoms with Gasteiger partial charge in [-0.1, -0.05) is 19.3 Å². The molecule has 1 saturated carbocycles. The molecule has 0 aromatic carbocycles. The molecule has 19 heavy (non-hydrogen) atoms. The van der Waals surface area contributed by atoms with E-state index in [1.54, 1.807) is 0 Å². The van der Waals surface area contributed by atoms with Crippen LogP contribution in [0.25, 0.3) is 0 Å².